The zero-order chi connectivity index (χ0) is 12.8. The van der Waals surface area contributed by atoms with Crippen molar-refractivity contribution in [1.82, 2.24) is 5.32 Å². The minimum Gasteiger partial charge on any atom is -0.320 e. The minimum atomic E-state index is 0.652. The van der Waals surface area contributed by atoms with Gasteiger partial charge in [0.25, 0.3) is 0 Å². The Morgan fingerprint density at radius 1 is 1.17 bits per heavy atom. The first kappa shape index (κ1) is 14.1. The van der Waals surface area contributed by atoms with E-state index in [1.165, 1.54) is 57.9 Å². The summed E-state index contributed by atoms with van der Waals surface area (Å²) < 4.78 is 0. The molecule has 0 radical (unpaired) electrons. The molecule has 1 aromatic rings. The number of hydrogen-bond acceptors (Lipinski definition) is 2. The second-order valence-corrected chi connectivity index (χ2v) is 7.04. The standard InChI is InChI=1S/C16H27NS/c1-3-14-6-7-15(18-14)8-11-16(12-13-17-2)9-4-5-10-16/h6-7,17H,3-5,8-13H2,1-2H3. The summed E-state index contributed by atoms with van der Waals surface area (Å²) in [4.78, 5) is 3.14. The van der Waals surface area contributed by atoms with Crippen molar-refractivity contribution in [3.8, 4) is 0 Å². The van der Waals surface area contributed by atoms with Crippen LogP contribution >= 0.6 is 11.3 Å². The first-order valence-corrected chi connectivity index (χ1v) is 8.32. The van der Waals surface area contributed by atoms with Gasteiger partial charge in [-0.2, -0.15) is 0 Å². The summed E-state index contributed by atoms with van der Waals surface area (Å²) in [7, 11) is 2.08. The molecule has 102 valence electrons. The van der Waals surface area contributed by atoms with E-state index in [1.54, 1.807) is 9.75 Å². The van der Waals surface area contributed by atoms with E-state index in [4.69, 9.17) is 0 Å². The molecular weight excluding hydrogens is 238 g/mol. The quantitative estimate of drug-likeness (QED) is 0.770. The highest BCUT2D eigenvalue weighted by molar-refractivity contribution is 7.11. The molecule has 2 heteroatoms. The molecule has 1 aliphatic rings. The maximum Gasteiger partial charge on any atom is 0.00483 e. The molecule has 0 aromatic carbocycles. The van der Waals surface area contributed by atoms with Crippen LogP contribution in [0.15, 0.2) is 12.1 Å². The predicted octanol–water partition coefficient (Wildman–Crippen LogP) is 4.41. The van der Waals surface area contributed by atoms with Gasteiger partial charge in [0.2, 0.25) is 0 Å². The molecule has 0 unspecified atom stereocenters. The van der Waals surface area contributed by atoms with Crippen LogP contribution in [-0.2, 0) is 12.8 Å². The normalized spacial score (nSPS) is 18.3. The number of nitrogens with one attached hydrogen (secondary N) is 1. The van der Waals surface area contributed by atoms with Crippen LogP contribution in [0.25, 0.3) is 0 Å². The third kappa shape index (κ3) is 3.58. The third-order valence-electron chi connectivity index (χ3n) is 4.54. The maximum atomic E-state index is 3.33. The summed E-state index contributed by atoms with van der Waals surface area (Å²) in [5.74, 6) is 0. The zero-order valence-corrected chi connectivity index (χ0v) is 12.7. The van der Waals surface area contributed by atoms with Crippen molar-refractivity contribution in [2.75, 3.05) is 13.6 Å². The lowest BCUT2D eigenvalue weighted by Crippen LogP contribution is -2.23. The van der Waals surface area contributed by atoms with Crippen LogP contribution in [-0.4, -0.2) is 13.6 Å². The molecule has 1 saturated carbocycles. The molecule has 0 saturated heterocycles. The first-order chi connectivity index (χ1) is 8.78. The Bertz CT molecular complexity index is 350. The molecule has 0 atom stereocenters. The van der Waals surface area contributed by atoms with E-state index in [0.29, 0.717) is 5.41 Å². The average Bonchev–Trinajstić information content (AvgIpc) is 3.04. The van der Waals surface area contributed by atoms with Gasteiger partial charge in [-0.15, -0.1) is 11.3 Å². The Morgan fingerprint density at radius 2 is 1.89 bits per heavy atom. The molecule has 2 rings (SSSR count). The molecule has 1 aliphatic carbocycles. The fourth-order valence-electron chi connectivity index (χ4n) is 3.28. The van der Waals surface area contributed by atoms with E-state index in [-0.39, 0.29) is 0 Å². The molecule has 0 bridgehead atoms. The Morgan fingerprint density at radius 3 is 2.50 bits per heavy atom. The Kier molecular flexibility index (Phi) is 5.25. The summed E-state index contributed by atoms with van der Waals surface area (Å²) in [5, 5.41) is 3.33. The molecule has 0 aliphatic heterocycles. The summed E-state index contributed by atoms with van der Waals surface area (Å²) in [6, 6.07) is 4.67. The lowest BCUT2D eigenvalue weighted by Gasteiger charge is -2.29. The van der Waals surface area contributed by atoms with E-state index in [2.05, 4.69) is 31.4 Å². The number of aryl methyl sites for hydroxylation is 2. The monoisotopic (exact) mass is 265 g/mol. The average molecular weight is 265 g/mol. The second kappa shape index (κ2) is 6.72. The van der Waals surface area contributed by atoms with Crippen LogP contribution in [0.1, 0.15) is 55.2 Å². The smallest absolute Gasteiger partial charge is 0.00483 e. The van der Waals surface area contributed by atoms with Gasteiger partial charge in [-0.05, 0) is 69.7 Å². The SMILES string of the molecule is CCc1ccc(CCC2(CCNC)CCCC2)s1. The van der Waals surface area contributed by atoms with Gasteiger partial charge in [-0.3, -0.25) is 0 Å². The topological polar surface area (TPSA) is 12.0 Å². The largest absolute Gasteiger partial charge is 0.320 e. The minimum absolute atomic E-state index is 0.652. The van der Waals surface area contributed by atoms with Crippen molar-refractivity contribution < 1.29 is 0 Å². The van der Waals surface area contributed by atoms with Gasteiger partial charge < -0.3 is 5.32 Å². The van der Waals surface area contributed by atoms with Gasteiger partial charge in [0, 0.05) is 9.75 Å². The van der Waals surface area contributed by atoms with Crippen molar-refractivity contribution in [1.29, 1.82) is 0 Å². The summed E-state index contributed by atoms with van der Waals surface area (Å²) in [5.41, 5.74) is 0.652. The predicted molar refractivity (Wildman–Crippen MR) is 81.5 cm³/mol. The van der Waals surface area contributed by atoms with Gasteiger partial charge in [0.05, 0.1) is 0 Å². The molecule has 1 heterocycles. The second-order valence-electron chi connectivity index (χ2n) is 5.78. The van der Waals surface area contributed by atoms with Crippen molar-refractivity contribution in [2.24, 2.45) is 5.41 Å². The Labute approximate surface area is 116 Å². The molecule has 1 aromatic heterocycles. The van der Waals surface area contributed by atoms with E-state index >= 15 is 0 Å². The van der Waals surface area contributed by atoms with Crippen LogP contribution < -0.4 is 5.32 Å². The first-order valence-electron chi connectivity index (χ1n) is 7.50. The Balaban J connectivity index is 1.89. The van der Waals surface area contributed by atoms with E-state index < -0.39 is 0 Å². The van der Waals surface area contributed by atoms with Crippen molar-refractivity contribution in [3.63, 3.8) is 0 Å². The highest BCUT2D eigenvalue weighted by Gasteiger charge is 2.32. The number of rotatable bonds is 7. The molecule has 0 spiro atoms. The van der Waals surface area contributed by atoms with Gasteiger partial charge in [0.15, 0.2) is 0 Å². The molecule has 1 N–H and O–H groups in total. The van der Waals surface area contributed by atoms with Crippen molar-refractivity contribution in [2.45, 2.75) is 58.3 Å². The fraction of sp³-hybridized carbons (Fsp3) is 0.750. The number of hydrogen-bond donors (Lipinski definition) is 1. The van der Waals surface area contributed by atoms with Gasteiger partial charge in [-0.25, -0.2) is 0 Å². The maximum absolute atomic E-state index is 3.33. The molecule has 1 fully saturated rings. The number of thiophene rings is 1. The summed E-state index contributed by atoms with van der Waals surface area (Å²) >= 11 is 2.02. The van der Waals surface area contributed by atoms with Crippen LogP contribution in [0.2, 0.25) is 0 Å². The zero-order valence-electron chi connectivity index (χ0n) is 11.9. The highest BCUT2D eigenvalue weighted by Crippen LogP contribution is 2.44. The molecule has 0 amide bonds. The van der Waals surface area contributed by atoms with Gasteiger partial charge in [-0.1, -0.05) is 19.8 Å². The molecule has 18 heavy (non-hydrogen) atoms. The highest BCUT2D eigenvalue weighted by atomic mass is 32.1. The fourth-order valence-corrected chi connectivity index (χ4v) is 4.23. The van der Waals surface area contributed by atoms with Crippen molar-refractivity contribution in [3.05, 3.63) is 21.9 Å². The van der Waals surface area contributed by atoms with Crippen LogP contribution in [0.5, 0.6) is 0 Å². The van der Waals surface area contributed by atoms with Crippen LogP contribution in [0, 0.1) is 5.41 Å². The summed E-state index contributed by atoms with van der Waals surface area (Å²) in [6.45, 7) is 3.44. The van der Waals surface area contributed by atoms with E-state index in [0.717, 1.165) is 0 Å². The van der Waals surface area contributed by atoms with Gasteiger partial charge in [0.1, 0.15) is 0 Å². The van der Waals surface area contributed by atoms with Crippen LogP contribution in [0.4, 0.5) is 0 Å². The third-order valence-corrected chi connectivity index (χ3v) is 5.83. The van der Waals surface area contributed by atoms with E-state index in [9.17, 15) is 0 Å². The van der Waals surface area contributed by atoms with Crippen molar-refractivity contribution >= 4 is 11.3 Å². The summed E-state index contributed by atoms with van der Waals surface area (Å²) in [6.07, 6.45) is 11.1. The lowest BCUT2D eigenvalue weighted by atomic mass is 9.78. The van der Waals surface area contributed by atoms with E-state index in [1.807, 2.05) is 11.3 Å². The van der Waals surface area contributed by atoms with Gasteiger partial charge >= 0.3 is 0 Å². The molecular formula is C16H27NS. The Hall–Kier alpha value is -0.340. The molecule has 1 nitrogen and oxygen atoms in total. The van der Waals surface area contributed by atoms with Crippen LogP contribution in [0.3, 0.4) is 0 Å². The lowest BCUT2D eigenvalue weighted by molar-refractivity contribution is 0.248.